The lowest BCUT2D eigenvalue weighted by Crippen LogP contribution is -2.38. The van der Waals surface area contributed by atoms with E-state index in [1.807, 2.05) is 47.4 Å². The average molecular weight is 360 g/mol. The van der Waals surface area contributed by atoms with Gasteiger partial charge in [0.25, 0.3) is 5.91 Å². The fourth-order valence-corrected chi connectivity index (χ4v) is 3.16. The minimum absolute atomic E-state index is 0.130. The van der Waals surface area contributed by atoms with E-state index in [0.29, 0.717) is 24.7 Å². The average Bonchev–Trinajstić information content (AvgIpc) is 2.71. The van der Waals surface area contributed by atoms with Gasteiger partial charge in [-0.1, -0.05) is 25.1 Å². The van der Waals surface area contributed by atoms with Crippen molar-refractivity contribution >= 4 is 23.0 Å². The highest BCUT2D eigenvalue weighted by molar-refractivity contribution is 5.98. The quantitative estimate of drug-likeness (QED) is 0.507. The van der Waals surface area contributed by atoms with Crippen LogP contribution in [0.5, 0.6) is 0 Å². The second kappa shape index (κ2) is 8.41. The van der Waals surface area contributed by atoms with Gasteiger partial charge in [-0.15, -0.1) is 0 Å². The minimum Gasteiger partial charge on any atom is -0.399 e. The SMILES string of the molecule is CC1CCN(C(=O)/C(C#N)=C\N(c2ccccc2)c2ccc(N)cc2)CC1. The Morgan fingerprint density at radius 2 is 1.70 bits per heavy atom. The number of carbonyl (C=O) groups excluding carboxylic acids is 1. The minimum atomic E-state index is -0.208. The first-order valence-electron chi connectivity index (χ1n) is 9.19. The van der Waals surface area contributed by atoms with E-state index in [-0.39, 0.29) is 11.5 Å². The Hall–Kier alpha value is -3.26. The molecule has 138 valence electrons. The molecule has 5 heteroatoms. The summed E-state index contributed by atoms with van der Waals surface area (Å²) in [5.74, 6) is 0.417. The number of amides is 1. The zero-order valence-corrected chi connectivity index (χ0v) is 15.5. The van der Waals surface area contributed by atoms with Crippen molar-refractivity contribution in [1.29, 1.82) is 5.26 Å². The number of likely N-dealkylation sites (tertiary alicyclic amines) is 1. The number of nitrogens with two attached hydrogens (primary N) is 1. The van der Waals surface area contributed by atoms with Gasteiger partial charge in [0.1, 0.15) is 11.6 Å². The monoisotopic (exact) mass is 360 g/mol. The van der Waals surface area contributed by atoms with Gasteiger partial charge in [0.05, 0.1) is 0 Å². The third-order valence-corrected chi connectivity index (χ3v) is 4.89. The second-order valence-corrected chi connectivity index (χ2v) is 6.93. The van der Waals surface area contributed by atoms with Crippen molar-refractivity contribution in [3.05, 3.63) is 66.4 Å². The summed E-state index contributed by atoms with van der Waals surface area (Å²) >= 11 is 0. The van der Waals surface area contributed by atoms with Crippen LogP contribution in [0.2, 0.25) is 0 Å². The van der Waals surface area contributed by atoms with Crippen molar-refractivity contribution in [3.8, 4) is 6.07 Å². The predicted molar refractivity (Wildman–Crippen MR) is 108 cm³/mol. The van der Waals surface area contributed by atoms with Crippen LogP contribution in [0.1, 0.15) is 19.8 Å². The Morgan fingerprint density at radius 1 is 1.11 bits per heavy atom. The van der Waals surface area contributed by atoms with E-state index in [0.717, 1.165) is 24.2 Å². The fourth-order valence-electron chi connectivity index (χ4n) is 3.16. The third kappa shape index (κ3) is 4.48. The normalized spacial score (nSPS) is 15.3. The smallest absolute Gasteiger partial charge is 0.266 e. The van der Waals surface area contributed by atoms with E-state index >= 15 is 0 Å². The topological polar surface area (TPSA) is 73.4 Å². The van der Waals surface area contributed by atoms with Crippen molar-refractivity contribution < 1.29 is 4.79 Å². The Kier molecular flexibility index (Phi) is 5.77. The zero-order valence-electron chi connectivity index (χ0n) is 15.5. The van der Waals surface area contributed by atoms with Gasteiger partial charge in [-0.05, 0) is 55.2 Å². The summed E-state index contributed by atoms with van der Waals surface area (Å²) in [7, 11) is 0. The van der Waals surface area contributed by atoms with Crippen molar-refractivity contribution in [2.45, 2.75) is 19.8 Å². The molecule has 1 fully saturated rings. The highest BCUT2D eigenvalue weighted by Crippen LogP contribution is 2.28. The number of piperidine rings is 1. The standard InChI is InChI=1S/C22H24N4O/c1-17-11-13-25(14-12-17)22(27)18(15-23)16-26(20-5-3-2-4-6-20)21-9-7-19(24)8-10-21/h2-10,16-17H,11-14,24H2,1H3/b18-16-. The largest absolute Gasteiger partial charge is 0.399 e. The number of hydrogen-bond donors (Lipinski definition) is 1. The predicted octanol–water partition coefficient (Wildman–Crippen LogP) is 4.07. The van der Waals surface area contributed by atoms with Crippen molar-refractivity contribution in [1.82, 2.24) is 4.90 Å². The number of rotatable bonds is 4. The number of benzene rings is 2. The molecule has 3 rings (SSSR count). The van der Waals surface area contributed by atoms with Crippen molar-refractivity contribution in [2.24, 2.45) is 5.92 Å². The number of anilines is 3. The van der Waals surface area contributed by atoms with Crippen molar-refractivity contribution in [3.63, 3.8) is 0 Å². The number of nitrogen functional groups attached to an aromatic ring is 1. The number of carbonyl (C=O) groups is 1. The van der Waals surface area contributed by atoms with Gasteiger partial charge in [-0.25, -0.2) is 0 Å². The van der Waals surface area contributed by atoms with Gasteiger partial charge in [0.15, 0.2) is 0 Å². The maximum atomic E-state index is 12.9. The Morgan fingerprint density at radius 3 is 2.30 bits per heavy atom. The fraction of sp³-hybridized carbons (Fsp3) is 0.273. The molecule has 0 saturated carbocycles. The third-order valence-electron chi connectivity index (χ3n) is 4.89. The van der Waals surface area contributed by atoms with Gasteiger partial charge in [-0.2, -0.15) is 5.26 Å². The summed E-state index contributed by atoms with van der Waals surface area (Å²) in [4.78, 5) is 16.5. The zero-order chi connectivity index (χ0) is 19.2. The maximum absolute atomic E-state index is 12.9. The van der Waals surface area contributed by atoms with Crippen LogP contribution < -0.4 is 10.6 Å². The van der Waals surface area contributed by atoms with Crippen molar-refractivity contribution in [2.75, 3.05) is 23.7 Å². The van der Waals surface area contributed by atoms with Crippen LogP contribution in [0, 0.1) is 17.2 Å². The Labute approximate surface area is 160 Å². The summed E-state index contributed by atoms with van der Waals surface area (Å²) in [6.45, 7) is 3.60. The number of nitrogens with zero attached hydrogens (tertiary/aromatic N) is 3. The van der Waals surface area contributed by atoms with Crippen LogP contribution >= 0.6 is 0 Å². The van der Waals surface area contributed by atoms with Gasteiger partial charge >= 0.3 is 0 Å². The van der Waals surface area contributed by atoms with Crippen LogP contribution in [-0.2, 0) is 4.79 Å². The molecule has 0 aliphatic carbocycles. The first-order chi connectivity index (χ1) is 13.1. The number of nitriles is 1. The summed E-state index contributed by atoms with van der Waals surface area (Å²) in [5.41, 5.74) is 8.30. The number of hydrogen-bond acceptors (Lipinski definition) is 4. The van der Waals surface area contributed by atoms with Gasteiger partial charge in [0.2, 0.25) is 0 Å². The van der Waals surface area contributed by atoms with Crippen LogP contribution in [-0.4, -0.2) is 23.9 Å². The molecule has 2 aromatic rings. The summed E-state index contributed by atoms with van der Waals surface area (Å²) in [5, 5.41) is 9.65. The lowest BCUT2D eigenvalue weighted by molar-refractivity contribution is -0.128. The molecule has 0 radical (unpaired) electrons. The lowest BCUT2D eigenvalue weighted by atomic mass is 9.99. The maximum Gasteiger partial charge on any atom is 0.266 e. The molecule has 0 unspecified atom stereocenters. The van der Waals surface area contributed by atoms with Gasteiger partial charge in [-0.3, -0.25) is 4.79 Å². The molecular weight excluding hydrogens is 336 g/mol. The highest BCUT2D eigenvalue weighted by atomic mass is 16.2. The van der Waals surface area contributed by atoms with E-state index in [4.69, 9.17) is 5.73 Å². The molecule has 2 N–H and O–H groups in total. The summed E-state index contributed by atoms with van der Waals surface area (Å²) < 4.78 is 0. The van der Waals surface area contributed by atoms with E-state index in [9.17, 15) is 10.1 Å². The van der Waals surface area contributed by atoms with E-state index < -0.39 is 0 Å². The molecule has 2 aromatic carbocycles. The first kappa shape index (κ1) is 18.5. The highest BCUT2D eigenvalue weighted by Gasteiger charge is 2.24. The first-order valence-corrected chi connectivity index (χ1v) is 9.19. The molecule has 5 nitrogen and oxygen atoms in total. The molecule has 1 aliphatic rings. The molecule has 1 aliphatic heterocycles. The molecule has 0 bridgehead atoms. The van der Waals surface area contributed by atoms with Gasteiger partial charge < -0.3 is 15.5 Å². The van der Waals surface area contributed by atoms with Crippen LogP contribution in [0.3, 0.4) is 0 Å². The molecule has 0 atom stereocenters. The van der Waals surface area contributed by atoms with Crippen LogP contribution in [0.4, 0.5) is 17.1 Å². The molecule has 1 heterocycles. The molecule has 1 saturated heterocycles. The van der Waals surface area contributed by atoms with Crippen LogP contribution in [0.25, 0.3) is 0 Å². The second-order valence-electron chi connectivity index (χ2n) is 6.93. The summed E-state index contributed by atoms with van der Waals surface area (Å²) in [6.07, 6.45) is 3.58. The molecule has 1 amide bonds. The van der Waals surface area contributed by atoms with Crippen LogP contribution in [0.15, 0.2) is 66.4 Å². The molecule has 0 aromatic heterocycles. The van der Waals surface area contributed by atoms with E-state index in [1.165, 1.54) is 0 Å². The van der Waals surface area contributed by atoms with E-state index in [1.54, 1.807) is 23.2 Å². The number of para-hydroxylation sites is 1. The summed E-state index contributed by atoms with van der Waals surface area (Å²) in [6, 6.07) is 19.1. The lowest BCUT2D eigenvalue weighted by Gasteiger charge is -2.30. The molecular formula is C22H24N4O. The Balaban J connectivity index is 1.94. The van der Waals surface area contributed by atoms with Gasteiger partial charge in [0, 0.05) is 36.4 Å². The van der Waals surface area contributed by atoms with E-state index in [2.05, 4.69) is 13.0 Å². The Bertz CT molecular complexity index is 844. The molecule has 0 spiro atoms. The molecule has 27 heavy (non-hydrogen) atoms.